The van der Waals surface area contributed by atoms with E-state index in [4.69, 9.17) is 16.0 Å². The Kier molecular flexibility index (Phi) is 4.26. The summed E-state index contributed by atoms with van der Waals surface area (Å²) in [6.45, 7) is 0. The lowest BCUT2D eigenvalue weighted by molar-refractivity contribution is 0.475. The number of phenolic OH excluding ortho intramolecular Hbond substituents is 1. The molecule has 0 radical (unpaired) electrons. The summed E-state index contributed by atoms with van der Waals surface area (Å²) in [5.41, 5.74) is 3.43. The normalized spacial score (nSPS) is 11.6. The van der Waals surface area contributed by atoms with Crippen LogP contribution in [0.1, 0.15) is 5.56 Å². The van der Waals surface area contributed by atoms with Crippen LogP contribution in [0, 0.1) is 0 Å². The van der Waals surface area contributed by atoms with Gasteiger partial charge in [-0.15, -0.1) is 0 Å². The molecule has 4 aromatic carbocycles. The largest absolute Gasteiger partial charge is 0.507 e. The summed E-state index contributed by atoms with van der Waals surface area (Å²) in [4.78, 5) is 9.04. The molecular formula is C24H15ClN2O2. The number of aromatic hydroxyl groups is 1. The van der Waals surface area contributed by atoms with Crippen molar-refractivity contribution in [1.29, 1.82) is 0 Å². The van der Waals surface area contributed by atoms with Crippen LogP contribution in [0.5, 0.6) is 5.75 Å². The molecule has 140 valence electrons. The average Bonchev–Trinajstić information content (AvgIpc) is 3.16. The number of oxazole rings is 1. The fourth-order valence-corrected chi connectivity index (χ4v) is 3.42. The maximum atomic E-state index is 10.4. The first-order valence-electron chi connectivity index (χ1n) is 9.09. The summed E-state index contributed by atoms with van der Waals surface area (Å²) in [6, 6.07) is 24.5. The van der Waals surface area contributed by atoms with Gasteiger partial charge in [-0.1, -0.05) is 54.1 Å². The predicted octanol–water partition coefficient (Wildman–Crippen LogP) is 6.76. The monoisotopic (exact) mass is 398 g/mol. The molecule has 5 heteroatoms. The quantitative estimate of drug-likeness (QED) is 0.341. The second-order valence-corrected chi connectivity index (χ2v) is 7.07. The Labute approximate surface area is 171 Å². The minimum absolute atomic E-state index is 0.132. The topological polar surface area (TPSA) is 58.6 Å². The Bertz CT molecular complexity index is 1390. The van der Waals surface area contributed by atoms with E-state index in [-0.39, 0.29) is 5.75 Å². The molecule has 29 heavy (non-hydrogen) atoms. The van der Waals surface area contributed by atoms with Gasteiger partial charge in [0, 0.05) is 16.8 Å². The summed E-state index contributed by atoms with van der Waals surface area (Å²) in [7, 11) is 0. The van der Waals surface area contributed by atoms with E-state index in [1.54, 1.807) is 12.3 Å². The number of benzene rings is 4. The van der Waals surface area contributed by atoms with Crippen LogP contribution in [0.25, 0.3) is 33.3 Å². The van der Waals surface area contributed by atoms with Crippen molar-refractivity contribution in [3.05, 3.63) is 89.4 Å². The van der Waals surface area contributed by atoms with Crippen LogP contribution >= 0.6 is 11.6 Å². The summed E-state index contributed by atoms with van der Waals surface area (Å²) in [6.07, 6.45) is 1.72. The van der Waals surface area contributed by atoms with Crippen molar-refractivity contribution in [2.24, 2.45) is 4.99 Å². The first-order valence-corrected chi connectivity index (χ1v) is 9.46. The summed E-state index contributed by atoms with van der Waals surface area (Å²) >= 11 is 6.17. The first-order chi connectivity index (χ1) is 14.2. The van der Waals surface area contributed by atoms with Crippen molar-refractivity contribution in [3.8, 4) is 17.2 Å². The standard InChI is InChI=1S/C24H15ClN2O2/c25-20-8-4-3-7-17(20)14-26-18-9-10-23-21(13-18)27-24(29-23)19-11-15-5-1-2-6-16(15)12-22(19)28/h1-14,28H. The van der Waals surface area contributed by atoms with E-state index in [1.807, 2.05) is 72.8 Å². The van der Waals surface area contributed by atoms with Gasteiger partial charge in [0.1, 0.15) is 11.3 Å². The molecular weight excluding hydrogens is 384 g/mol. The van der Waals surface area contributed by atoms with Gasteiger partial charge in [-0.3, -0.25) is 4.99 Å². The highest BCUT2D eigenvalue weighted by Crippen LogP contribution is 2.35. The molecule has 5 aromatic rings. The van der Waals surface area contributed by atoms with E-state index in [2.05, 4.69) is 9.98 Å². The maximum Gasteiger partial charge on any atom is 0.231 e. The lowest BCUT2D eigenvalue weighted by Gasteiger charge is -2.03. The van der Waals surface area contributed by atoms with E-state index in [0.717, 1.165) is 22.0 Å². The van der Waals surface area contributed by atoms with Crippen LogP contribution in [0.4, 0.5) is 5.69 Å². The van der Waals surface area contributed by atoms with E-state index >= 15 is 0 Å². The fourth-order valence-electron chi connectivity index (χ4n) is 3.23. The number of phenols is 1. The third-order valence-electron chi connectivity index (χ3n) is 4.72. The zero-order valence-corrected chi connectivity index (χ0v) is 16.0. The fraction of sp³-hybridized carbons (Fsp3) is 0. The minimum Gasteiger partial charge on any atom is -0.507 e. The molecule has 0 unspecified atom stereocenters. The van der Waals surface area contributed by atoms with Crippen molar-refractivity contribution in [1.82, 2.24) is 4.98 Å². The van der Waals surface area contributed by atoms with Gasteiger partial charge in [0.25, 0.3) is 0 Å². The molecule has 1 N–H and O–H groups in total. The van der Waals surface area contributed by atoms with E-state index < -0.39 is 0 Å². The van der Waals surface area contributed by atoms with Crippen LogP contribution in [-0.2, 0) is 0 Å². The van der Waals surface area contributed by atoms with Gasteiger partial charge in [-0.25, -0.2) is 4.98 Å². The van der Waals surface area contributed by atoms with Crippen LogP contribution in [0.3, 0.4) is 0 Å². The highest BCUT2D eigenvalue weighted by Gasteiger charge is 2.14. The maximum absolute atomic E-state index is 10.4. The molecule has 0 saturated carbocycles. The van der Waals surface area contributed by atoms with E-state index in [0.29, 0.717) is 27.6 Å². The van der Waals surface area contributed by atoms with Gasteiger partial charge < -0.3 is 9.52 Å². The molecule has 0 saturated heterocycles. The smallest absolute Gasteiger partial charge is 0.231 e. The number of aliphatic imine (C=N–C) groups is 1. The number of hydrogen-bond donors (Lipinski definition) is 1. The predicted molar refractivity (Wildman–Crippen MR) is 117 cm³/mol. The highest BCUT2D eigenvalue weighted by atomic mass is 35.5. The first kappa shape index (κ1) is 17.5. The van der Waals surface area contributed by atoms with Gasteiger partial charge in [0.05, 0.1) is 11.3 Å². The third kappa shape index (κ3) is 3.35. The molecule has 1 aromatic heterocycles. The van der Waals surface area contributed by atoms with Crippen molar-refractivity contribution < 1.29 is 9.52 Å². The molecule has 0 aliphatic rings. The molecule has 0 fully saturated rings. The van der Waals surface area contributed by atoms with Gasteiger partial charge in [0.15, 0.2) is 5.58 Å². The van der Waals surface area contributed by atoms with Crippen molar-refractivity contribution in [3.63, 3.8) is 0 Å². The molecule has 5 rings (SSSR count). The summed E-state index contributed by atoms with van der Waals surface area (Å²) < 4.78 is 5.88. The number of halogens is 1. The number of nitrogens with zero attached hydrogens (tertiary/aromatic N) is 2. The molecule has 0 aliphatic carbocycles. The Balaban J connectivity index is 1.53. The molecule has 4 nitrogen and oxygen atoms in total. The van der Waals surface area contributed by atoms with Crippen molar-refractivity contribution in [2.75, 3.05) is 0 Å². The number of fused-ring (bicyclic) bond motifs is 2. The summed E-state index contributed by atoms with van der Waals surface area (Å²) in [5.74, 6) is 0.503. The van der Waals surface area contributed by atoms with Crippen molar-refractivity contribution in [2.45, 2.75) is 0 Å². The molecule has 0 atom stereocenters. The third-order valence-corrected chi connectivity index (χ3v) is 5.07. The van der Waals surface area contributed by atoms with Crippen LogP contribution in [-0.4, -0.2) is 16.3 Å². The Morgan fingerprint density at radius 1 is 0.897 bits per heavy atom. The minimum atomic E-state index is 0.132. The van der Waals surface area contributed by atoms with Crippen LogP contribution in [0.2, 0.25) is 5.02 Å². The second-order valence-electron chi connectivity index (χ2n) is 6.67. The Morgan fingerprint density at radius 2 is 1.66 bits per heavy atom. The second kappa shape index (κ2) is 7.08. The Hall–Kier alpha value is -3.63. The molecule has 0 aliphatic heterocycles. The van der Waals surface area contributed by atoms with Gasteiger partial charge in [0.2, 0.25) is 5.89 Å². The van der Waals surface area contributed by atoms with Crippen LogP contribution in [0.15, 0.2) is 88.3 Å². The molecule has 0 spiro atoms. The number of hydrogen-bond acceptors (Lipinski definition) is 4. The molecule has 1 heterocycles. The lowest BCUT2D eigenvalue weighted by atomic mass is 10.1. The Morgan fingerprint density at radius 3 is 2.48 bits per heavy atom. The van der Waals surface area contributed by atoms with Gasteiger partial charge in [-0.2, -0.15) is 0 Å². The van der Waals surface area contributed by atoms with Crippen LogP contribution < -0.4 is 0 Å². The van der Waals surface area contributed by atoms with E-state index in [1.165, 1.54) is 0 Å². The average molecular weight is 399 g/mol. The molecule has 0 bridgehead atoms. The zero-order chi connectivity index (χ0) is 19.8. The van der Waals surface area contributed by atoms with Crippen molar-refractivity contribution >= 4 is 45.4 Å². The lowest BCUT2D eigenvalue weighted by Crippen LogP contribution is -1.81. The number of rotatable bonds is 3. The highest BCUT2D eigenvalue weighted by molar-refractivity contribution is 6.33. The summed E-state index contributed by atoms with van der Waals surface area (Å²) in [5, 5.41) is 13.1. The van der Waals surface area contributed by atoms with E-state index in [9.17, 15) is 5.11 Å². The number of aromatic nitrogens is 1. The SMILES string of the molecule is Oc1cc2ccccc2cc1-c1nc2cc(N=Cc3ccccc3Cl)ccc2o1. The van der Waals surface area contributed by atoms with Gasteiger partial charge in [-0.05, 0) is 47.2 Å². The van der Waals surface area contributed by atoms with Gasteiger partial charge >= 0.3 is 0 Å². The zero-order valence-electron chi connectivity index (χ0n) is 15.2. The molecule has 0 amide bonds.